The number of carbonyl (C=O) groups is 2. The fraction of sp³-hybridized carbons (Fsp3) is 0.375. The lowest BCUT2D eigenvalue weighted by molar-refractivity contribution is -0.136. The zero-order chi connectivity index (χ0) is 21.3. The SMILES string of the molecule is CC(=O)c1nn(C)c2ccc(-c3cc(CCC(=O)O)ccc3OC3CCCC3)cc12. The first-order valence-electron chi connectivity index (χ1n) is 10.4. The van der Waals surface area contributed by atoms with Crippen LogP contribution in [0.3, 0.4) is 0 Å². The van der Waals surface area contributed by atoms with Crippen LogP contribution in [0.4, 0.5) is 0 Å². The van der Waals surface area contributed by atoms with Gasteiger partial charge in [-0.25, -0.2) is 0 Å². The molecule has 1 heterocycles. The monoisotopic (exact) mass is 406 g/mol. The lowest BCUT2D eigenvalue weighted by Gasteiger charge is -2.18. The molecule has 156 valence electrons. The standard InChI is InChI=1S/C24H26N2O4/c1-15(27)24-20-14-17(9-10-21(20)26(2)25-24)19-13-16(8-12-23(28)29)7-11-22(19)30-18-5-3-4-6-18/h7,9-11,13-14,18H,3-6,8,12H2,1-2H3,(H,28,29). The fourth-order valence-electron chi connectivity index (χ4n) is 4.19. The molecule has 1 aromatic heterocycles. The number of hydrogen-bond acceptors (Lipinski definition) is 4. The number of nitrogens with zero attached hydrogens (tertiary/aromatic N) is 2. The number of ether oxygens (including phenoxy) is 1. The van der Waals surface area contributed by atoms with Crippen LogP contribution in [-0.2, 0) is 18.3 Å². The summed E-state index contributed by atoms with van der Waals surface area (Å²) in [5.74, 6) is -0.0883. The molecule has 30 heavy (non-hydrogen) atoms. The molecule has 3 aromatic rings. The molecule has 1 N–H and O–H groups in total. The highest BCUT2D eigenvalue weighted by Crippen LogP contribution is 2.36. The molecule has 0 atom stereocenters. The van der Waals surface area contributed by atoms with E-state index in [1.807, 2.05) is 43.4 Å². The van der Waals surface area contributed by atoms with Gasteiger partial charge >= 0.3 is 5.97 Å². The highest BCUT2D eigenvalue weighted by molar-refractivity contribution is 6.06. The van der Waals surface area contributed by atoms with E-state index in [2.05, 4.69) is 5.10 Å². The Labute approximate surface area is 175 Å². The summed E-state index contributed by atoms with van der Waals surface area (Å²) < 4.78 is 8.05. The summed E-state index contributed by atoms with van der Waals surface area (Å²) in [6.45, 7) is 1.52. The maximum Gasteiger partial charge on any atom is 0.303 e. The molecule has 4 rings (SSSR count). The van der Waals surface area contributed by atoms with E-state index in [0.717, 1.165) is 46.2 Å². The smallest absolute Gasteiger partial charge is 0.303 e. The van der Waals surface area contributed by atoms with Gasteiger partial charge in [-0.3, -0.25) is 14.3 Å². The van der Waals surface area contributed by atoms with Crippen LogP contribution >= 0.6 is 0 Å². The maximum absolute atomic E-state index is 12.1. The second kappa shape index (κ2) is 8.30. The van der Waals surface area contributed by atoms with Crippen LogP contribution in [0.15, 0.2) is 36.4 Å². The Hall–Kier alpha value is -3.15. The minimum Gasteiger partial charge on any atom is -0.490 e. The third kappa shape index (κ3) is 4.08. The number of aromatic nitrogens is 2. The molecule has 1 aliphatic rings. The first kappa shape index (κ1) is 20.1. The minimum absolute atomic E-state index is 0.0737. The Kier molecular flexibility index (Phi) is 5.57. The van der Waals surface area contributed by atoms with E-state index in [4.69, 9.17) is 9.84 Å². The number of hydrogen-bond donors (Lipinski definition) is 1. The van der Waals surface area contributed by atoms with Crippen LogP contribution < -0.4 is 4.74 Å². The highest BCUT2D eigenvalue weighted by Gasteiger charge is 2.20. The first-order valence-corrected chi connectivity index (χ1v) is 10.4. The average Bonchev–Trinajstić information content (AvgIpc) is 3.34. The van der Waals surface area contributed by atoms with Crippen LogP contribution in [-0.4, -0.2) is 32.7 Å². The molecule has 0 amide bonds. The van der Waals surface area contributed by atoms with E-state index in [1.165, 1.54) is 19.8 Å². The largest absolute Gasteiger partial charge is 0.490 e. The average molecular weight is 406 g/mol. The van der Waals surface area contributed by atoms with Gasteiger partial charge in [0.15, 0.2) is 5.78 Å². The number of fused-ring (bicyclic) bond motifs is 1. The van der Waals surface area contributed by atoms with Crippen molar-refractivity contribution in [2.45, 2.75) is 51.6 Å². The van der Waals surface area contributed by atoms with E-state index in [0.29, 0.717) is 12.1 Å². The quantitative estimate of drug-likeness (QED) is 0.571. The van der Waals surface area contributed by atoms with E-state index < -0.39 is 5.97 Å². The van der Waals surface area contributed by atoms with E-state index in [9.17, 15) is 9.59 Å². The normalized spacial score (nSPS) is 14.3. The van der Waals surface area contributed by atoms with Crippen molar-refractivity contribution in [3.63, 3.8) is 0 Å². The molecule has 2 aromatic carbocycles. The highest BCUT2D eigenvalue weighted by atomic mass is 16.5. The lowest BCUT2D eigenvalue weighted by Crippen LogP contribution is -2.11. The van der Waals surface area contributed by atoms with Gasteiger partial charge in [-0.1, -0.05) is 12.1 Å². The fourth-order valence-corrected chi connectivity index (χ4v) is 4.19. The number of carboxylic acid groups (broad SMARTS) is 1. The molecule has 6 nitrogen and oxygen atoms in total. The summed E-state index contributed by atoms with van der Waals surface area (Å²) in [5.41, 5.74) is 4.15. The van der Waals surface area contributed by atoms with Crippen LogP contribution in [0.25, 0.3) is 22.0 Å². The van der Waals surface area contributed by atoms with E-state index >= 15 is 0 Å². The third-order valence-electron chi connectivity index (χ3n) is 5.76. The summed E-state index contributed by atoms with van der Waals surface area (Å²) in [7, 11) is 1.83. The Balaban J connectivity index is 1.79. The predicted octanol–water partition coefficient (Wildman–Crippen LogP) is 4.78. The van der Waals surface area contributed by atoms with Crippen molar-refractivity contribution in [1.29, 1.82) is 0 Å². The molecular weight excluding hydrogens is 380 g/mol. The predicted molar refractivity (Wildman–Crippen MR) is 115 cm³/mol. The van der Waals surface area contributed by atoms with Gasteiger partial charge in [-0.2, -0.15) is 5.10 Å². The zero-order valence-electron chi connectivity index (χ0n) is 17.4. The van der Waals surface area contributed by atoms with Crippen LogP contribution in [0, 0.1) is 0 Å². The van der Waals surface area contributed by atoms with Gasteiger partial charge in [0.2, 0.25) is 0 Å². The van der Waals surface area contributed by atoms with Crippen molar-refractivity contribution in [2.24, 2.45) is 7.05 Å². The van der Waals surface area contributed by atoms with Gasteiger partial charge in [-0.15, -0.1) is 0 Å². The molecule has 6 heteroatoms. The topological polar surface area (TPSA) is 81.4 Å². The third-order valence-corrected chi connectivity index (χ3v) is 5.76. The van der Waals surface area contributed by atoms with Gasteiger partial charge in [0, 0.05) is 31.3 Å². The molecule has 1 saturated carbocycles. The molecule has 0 unspecified atom stereocenters. The van der Waals surface area contributed by atoms with E-state index in [-0.39, 0.29) is 18.3 Å². The van der Waals surface area contributed by atoms with Gasteiger partial charge < -0.3 is 9.84 Å². The number of rotatable bonds is 7. The molecule has 0 radical (unpaired) electrons. The summed E-state index contributed by atoms with van der Waals surface area (Å²) in [4.78, 5) is 23.1. The van der Waals surface area contributed by atoms with E-state index in [1.54, 1.807) is 4.68 Å². The van der Waals surface area contributed by atoms with Crippen LogP contribution in [0.1, 0.15) is 55.1 Å². The summed E-state index contributed by atoms with van der Waals surface area (Å²) in [5, 5.41) is 14.2. The maximum atomic E-state index is 12.1. The van der Waals surface area contributed by atoms with Gasteiger partial charge in [0.25, 0.3) is 0 Å². The van der Waals surface area contributed by atoms with Crippen LogP contribution in [0.2, 0.25) is 0 Å². The number of aryl methyl sites for hydroxylation is 2. The molecule has 0 spiro atoms. The summed E-state index contributed by atoms with van der Waals surface area (Å²) >= 11 is 0. The molecule has 0 aliphatic heterocycles. The molecule has 0 bridgehead atoms. The molecule has 1 fully saturated rings. The van der Waals surface area contributed by atoms with Gasteiger partial charge in [0.05, 0.1) is 11.6 Å². The summed E-state index contributed by atoms with van der Waals surface area (Å²) in [6.07, 6.45) is 5.22. The minimum atomic E-state index is -0.814. The summed E-state index contributed by atoms with van der Waals surface area (Å²) in [6, 6.07) is 11.9. The number of aliphatic carboxylic acids is 1. The second-order valence-electron chi connectivity index (χ2n) is 8.01. The Morgan fingerprint density at radius 3 is 2.63 bits per heavy atom. The van der Waals surface area contributed by atoms with Crippen molar-refractivity contribution in [3.8, 4) is 16.9 Å². The van der Waals surface area contributed by atoms with Crippen molar-refractivity contribution >= 4 is 22.7 Å². The van der Waals surface area contributed by atoms with Crippen LogP contribution in [0.5, 0.6) is 5.75 Å². The van der Waals surface area contributed by atoms with Gasteiger partial charge in [-0.05, 0) is 67.5 Å². The van der Waals surface area contributed by atoms with Crippen molar-refractivity contribution in [3.05, 3.63) is 47.7 Å². The molecule has 0 saturated heterocycles. The zero-order valence-corrected chi connectivity index (χ0v) is 17.4. The first-order chi connectivity index (χ1) is 14.4. The number of ketones is 1. The number of Topliss-reactive ketones (excluding diaryl/α,β-unsaturated/α-hetero) is 1. The van der Waals surface area contributed by atoms with Gasteiger partial charge in [0.1, 0.15) is 11.4 Å². The second-order valence-corrected chi connectivity index (χ2v) is 8.01. The Morgan fingerprint density at radius 2 is 1.93 bits per heavy atom. The number of benzene rings is 2. The molecule has 1 aliphatic carbocycles. The number of carboxylic acids is 1. The Morgan fingerprint density at radius 1 is 1.17 bits per heavy atom. The lowest BCUT2D eigenvalue weighted by atomic mass is 9.98. The Bertz CT molecular complexity index is 1110. The van der Waals surface area contributed by atoms with Crippen molar-refractivity contribution in [2.75, 3.05) is 0 Å². The van der Waals surface area contributed by atoms with Crippen molar-refractivity contribution < 1.29 is 19.4 Å². The van der Waals surface area contributed by atoms with Crippen molar-refractivity contribution in [1.82, 2.24) is 9.78 Å². The molecular formula is C24H26N2O4. The number of carbonyl (C=O) groups excluding carboxylic acids is 1.